The largest absolute Gasteiger partial charge is 0.393 e. The predicted molar refractivity (Wildman–Crippen MR) is 114 cm³/mol. The van der Waals surface area contributed by atoms with E-state index in [2.05, 4.69) is 27.7 Å². The number of halogens is 1. The SMILES string of the molecule is CC[C@H]1[C@@H](O)[C@@H]2[C@H](CC[C@]3(C)[C@@H]([C@H](C)CCN)CC[C@@H]23)[C@@]2(C)CC[C@@H](F)C[C@@H]12. The Bertz CT molecular complexity index is 569. The van der Waals surface area contributed by atoms with Gasteiger partial charge in [0.2, 0.25) is 0 Å². The second-order valence-electron chi connectivity index (χ2n) is 11.6. The summed E-state index contributed by atoms with van der Waals surface area (Å²) in [6.45, 7) is 10.4. The van der Waals surface area contributed by atoms with Crippen LogP contribution in [0, 0.1) is 52.3 Å². The summed E-state index contributed by atoms with van der Waals surface area (Å²) in [6, 6.07) is 0. The fraction of sp³-hybridized carbons (Fsp3) is 1.00. The van der Waals surface area contributed by atoms with E-state index in [-0.39, 0.29) is 17.4 Å². The van der Waals surface area contributed by atoms with Crippen molar-refractivity contribution in [1.29, 1.82) is 0 Å². The highest BCUT2D eigenvalue weighted by atomic mass is 19.1. The molecule has 3 N–H and O–H groups in total. The Morgan fingerprint density at radius 2 is 1.71 bits per heavy atom. The molecule has 0 aromatic rings. The number of aliphatic hydroxyl groups excluding tert-OH is 1. The van der Waals surface area contributed by atoms with E-state index < -0.39 is 6.17 Å². The zero-order chi connectivity index (χ0) is 20.3. The minimum absolute atomic E-state index is 0.230. The van der Waals surface area contributed by atoms with E-state index >= 15 is 0 Å². The van der Waals surface area contributed by atoms with Crippen molar-refractivity contribution in [2.75, 3.05) is 6.54 Å². The zero-order valence-corrected chi connectivity index (χ0v) is 18.7. The van der Waals surface area contributed by atoms with Gasteiger partial charge >= 0.3 is 0 Å². The zero-order valence-electron chi connectivity index (χ0n) is 18.7. The molecule has 3 heteroatoms. The van der Waals surface area contributed by atoms with Crippen LogP contribution in [0.5, 0.6) is 0 Å². The third kappa shape index (κ3) is 2.93. The Morgan fingerprint density at radius 3 is 2.39 bits per heavy atom. The van der Waals surface area contributed by atoms with Gasteiger partial charge in [0.15, 0.2) is 0 Å². The molecular weight excluding hydrogens is 349 g/mol. The molecule has 4 saturated carbocycles. The Kier molecular flexibility index (Phi) is 5.66. The lowest BCUT2D eigenvalue weighted by Gasteiger charge is -2.64. The smallest absolute Gasteiger partial charge is 0.100 e. The molecule has 162 valence electrons. The lowest BCUT2D eigenvalue weighted by atomic mass is 9.41. The van der Waals surface area contributed by atoms with E-state index in [4.69, 9.17) is 5.73 Å². The number of fused-ring (bicyclic) bond motifs is 5. The van der Waals surface area contributed by atoms with Crippen LogP contribution in [0.1, 0.15) is 85.5 Å². The molecule has 0 aromatic heterocycles. The molecule has 4 fully saturated rings. The van der Waals surface area contributed by atoms with Gasteiger partial charge < -0.3 is 10.8 Å². The van der Waals surface area contributed by atoms with Gasteiger partial charge in [-0.25, -0.2) is 4.39 Å². The summed E-state index contributed by atoms with van der Waals surface area (Å²) in [5, 5.41) is 11.7. The first-order chi connectivity index (χ1) is 13.3. The molecule has 0 aliphatic heterocycles. The minimum Gasteiger partial charge on any atom is -0.393 e. The van der Waals surface area contributed by atoms with Gasteiger partial charge in [0.1, 0.15) is 6.17 Å². The monoisotopic (exact) mass is 393 g/mol. The van der Waals surface area contributed by atoms with Crippen molar-refractivity contribution < 1.29 is 9.50 Å². The quantitative estimate of drug-likeness (QED) is 0.655. The molecule has 0 bridgehead atoms. The van der Waals surface area contributed by atoms with Gasteiger partial charge in [-0.2, -0.15) is 0 Å². The van der Waals surface area contributed by atoms with Gasteiger partial charge in [0, 0.05) is 0 Å². The van der Waals surface area contributed by atoms with Crippen molar-refractivity contribution >= 4 is 0 Å². The molecule has 0 heterocycles. The first-order valence-electron chi connectivity index (χ1n) is 12.3. The van der Waals surface area contributed by atoms with Crippen molar-refractivity contribution in [3.05, 3.63) is 0 Å². The fourth-order valence-corrected chi connectivity index (χ4v) is 9.37. The number of hydrogen-bond acceptors (Lipinski definition) is 2. The lowest BCUT2D eigenvalue weighted by Crippen LogP contribution is -2.62. The Morgan fingerprint density at radius 1 is 1.04 bits per heavy atom. The Balaban J connectivity index is 1.67. The third-order valence-electron chi connectivity index (χ3n) is 10.7. The summed E-state index contributed by atoms with van der Waals surface area (Å²) in [6.07, 6.45) is 8.80. The van der Waals surface area contributed by atoms with E-state index in [0.717, 1.165) is 38.1 Å². The van der Waals surface area contributed by atoms with Crippen molar-refractivity contribution in [3.8, 4) is 0 Å². The molecule has 4 aliphatic carbocycles. The van der Waals surface area contributed by atoms with Gasteiger partial charge in [-0.15, -0.1) is 0 Å². The summed E-state index contributed by atoms with van der Waals surface area (Å²) < 4.78 is 14.4. The Labute approximate surface area is 172 Å². The van der Waals surface area contributed by atoms with E-state index in [1.807, 2.05) is 0 Å². The first kappa shape index (κ1) is 21.1. The van der Waals surface area contributed by atoms with Crippen molar-refractivity contribution in [2.24, 2.45) is 58.0 Å². The highest BCUT2D eigenvalue weighted by molar-refractivity contribution is 5.13. The van der Waals surface area contributed by atoms with Crippen LogP contribution in [0.25, 0.3) is 0 Å². The maximum absolute atomic E-state index is 14.4. The van der Waals surface area contributed by atoms with Crippen LogP contribution >= 0.6 is 0 Å². The molecule has 0 spiro atoms. The van der Waals surface area contributed by atoms with Crippen LogP contribution < -0.4 is 5.73 Å². The van der Waals surface area contributed by atoms with E-state index in [9.17, 15) is 9.50 Å². The molecule has 4 aliphatic rings. The molecule has 2 nitrogen and oxygen atoms in total. The van der Waals surface area contributed by atoms with E-state index in [1.165, 1.54) is 25.7 Å². The van der Waals surface area contributed by atoms with Crippen LogP contribution in [-0.4, -0.2) is 23.9 Å². The van der Waals surface area contributed by atoms with Crippen LogP contribution in [0.3, 0.4) is 0 Å². The summed E-state index contributed by atoms with van der Waals surface area (Å²) >= 11 is 0. The maximum atomic E-state index is 14.4. The molecule has 0 radical (unpaired) electrons. The topological polar surface area (TPSA) is 46.2 Å². The van der Waals surface area contributed by atoms with Crippen LogP contribution in [0.15, 0.2) is 0 Å². The van der Waals surface area contributed by atoms with E-state index in [0.29, 0.717) is 41.4 Å². The van der Waals surface area contributed by atoms with E-state index in [1.54, 1.807) is 0 Å². The maximum Gasteiger partial charge on any atom is 0.100 e. The second kappa shape index (κ2) is 7.52. The number of alkyl halides is 1. The van der Waals surface area contributed by atoms with Gasteiger partial charge in [-0.1, -0.05) is 34.1 Å². The average Bonchev–Trinajstić information content (AvgIpc) is 3.01. The fourth-order valence-electron chi connectivity index (χ4n) is 9.37. The number of aliphatic hydroxyl groups is 1. The van der Waals surface area contributed by atoms with Crippen molar-refractivity contribution in [2.45, 2.75) is 97.8 Å². The van der Waals surface area contributed by atoms with Gasteiger partial charge in [-0.05, 0) is 110 Å². The second-order valence-corrected chi connectivity index (χ2v) is 11.6. The molecule has 0 aromatic carbocycles. The molecular formula is C25H44FNO. The number of hydrogen-bond donors (Lipinski definition) is 2. The van der Waals surface area contributed by atoms with Crippen molar-refractivity contribution in [3.63, 3.8) is 0 Å². The van der Waals surface area contributed by atoms with Gasteiger partial charge in [0.25, 0.3) is 0 Å². The van der Waals surface area contributed by atoms with Gasteiger partial charge in [-0.3, -0.25) is 0 Å². The van der Waals surface area contributed by atoms with Crippen LogP contribution in [0.2, 0.25) is 0 Å². The molecule has 28 heavy (non-hydrogen) atoms. The Hall–Kier alpha value is -0.150. The summed E-state index contributed by atoms with van der Waals surface area (Å²) in [4.78, 5) is 0. The van der Waals surface area contributed by atoms with Gasteiger partial charge in [0.05, 0.1) is 6.10 Å². The summed E-state index contributed by atoms with van der Waals surface area (Å²) in [7, 11) is 0. The number of rotatable bonds is 4. The highest BCUT2D eigenvalue weighted by Gasteiger charge is 2.64. The molecule has 11 atom stereocenters. The van der Waals surface area contributed by atoms with Crippen LogP contribution in [-0.2, 0) is 0 Å². The standard InChI is InChI=1S/C25H44FNO/c1-5-17-21-14-16(26)8-11-25(21,4)20-9-12-24(3)18(15(2)10-13-27)6-7-19(24)22(20)23(17)28/h15-23,28H,5-14,27H2,1-4H3/t15-,16-,17-,18-,19+,20+,21+,22+,23-,24-,25-/m1/s1. The summed E-state index contributed by atoms with van der Waals surface area (Å²) in [5.74, 6) is 3.75. The van der Waals surface area contributed by atoms with Crippen LogP contribution in [0.4, 0.5) is 4.39 Å². The summed E-state index contributed by atoms with van der Waals surface area (Å²) in [5.41, 5.74) is 6.49. The third-order valence-corrected chi connectivity index (χ3v) is 10.7. The minimum atomic E-state index is -0.655. The first-order valence-corrected chi connectivity index (χ1v) is 12.3. The molecule has 0 amide bonds. The number of nitrogens with two attached hydrogens (primary N) is 1. The lowest BCUT2D eigenvalue weighted by molar-refractivity contribution is -0.199. The predicted octanol–water partition coefficient (Wildman–Crippen LogP) is 5.58. The average molecular weight is 394 g/mol. The van der Waals surface area contributed by atoms with Crippen molar-refractivity contribution in [1.82, 2.24) is 0 Å². The molecule has 0 unspecified atom stereocenters. The molecule has 0 saturated heterocycles. The normalized spacial score (nSPS) is 54.5. The highest BCUT2D eigenvalue weighted by Crippen LogP contribution is 2.69. The molecule has 4 rings (SSSR count).